The third-order valence-corrected chi connectivity index (χ3v) is 3.57. The molecule has 0 spiro atoms. The fourth-order valence-electron chi connectivity index (χ4n) is 2.33. The molecule has 0 saturated heterocycles. The van der Waals surface area contributed by atoms with E-state index in [9.17, 15) is 14.0 Å². The number of nitrogens with zero attached hydrogens (tertiary/aromatic N) is 1. The molecule has 1 amide bonds. The predicted molar refractivity (Wildman–Crippen MR) is 84.2 cm³/mol. The molecular weight excluding hydrogens is 301 g/mol. The molecule has 0 aliphatic heterocycles. The lowest BCUT2D eigenvalue weighted by Crippen LogP contribution is -2.33. The van der Waals surface area contributed by atoms with Gasteiger partial charge in [-0.05, 0) is 19.9 Å². The summed E-state index contributed by atoms with van der Waals surface area (Å²) in [5, 5.41) is 0.802. The third kappa shape index (κ3) is 3.26. The molecule has 0 fully saturated rings. The van der Waals surface area contributed by atoms with Crippen LogP contribution in [0.2, 0.25) is 0 Å². The SMILES string of the molecule is CCN(CC)C(=O)Oc1c(F)cc(C(=O)OC)c2ccccc12. The van der Waals surface area contributed by atoms with E-state index in [0.717, 1.165) is 6.07 Å². The van der Waals surface area contributed by atoms with Crippen LogP contribution in [-0.2, 0) is 4.74 Å². The molecular formula is C17H18FNO4. The summed E-state index contributed by atoms with van der Waals surface area (Å²) in [7, 11) is 1.23. The number of esters is 1. The van der Waals surface area contributed by atoms with E-state index in [0.29, 0.717) is 23.9 Å². The van der Waals surface area contributed by atoms with Gasteiger partial charge in [-0.1, -0.05) is 24.3 Å². The molecule has 2 rings (SSSR count). The van der Waals surface area contributed by atoms with Crippen molar-refractivity contribution in [1.82, 2.24) is 4.90 Å². The Labute approximate surface area is 133 Å². The van der Waals surface area contributed by atoms with Crippen LogP contribution in [0, 0.1) is 5.82 Å². The summed E-state index contributed by atoms with van der Waals surface area (Å²) in [6.45, 7) is 4.52. The van der Waals surface area contributed by atoms with E-state index in [4.69, 9.17) is 4.74 Å². The van der Waals surface area contributed by atoms with Crippen LogP contribution in [0.25, 0.3) is 10.8 Å². The van der Waals surface area contributed by atoms with Gasteiger partial charge in [0.1, 0.15) is 0 Å². The summed E-state index contributed by atoms with van der Waals surface area (Å²) in [4.78, 5) is 25.3. The largest absolute Gasteiger partial charge is 0.465 e. The molecule has 0 aromatic heterocycles. The minimum absolute atomic E-state index is 0.0863. The summed E-state index contributed by atoms with van der Waals surface area (Å²) in [6, 6.07) is 7.66. The first-order valence-corrected chi connectivity index (χ1v) is 7.29. The fourth-order valence-corrected chi connectivity index (χ4v) is 2.33. The number of amides is 1. The van der Waals surface area contributed by atoms with Crippen LogP contribution in [0.1, 0.15) is 24.2 Å². The molecule has 2 aromatic carbocycles. The maximum atomic E-state index is 14.4. The molecule has 0 bridgehead atoms. The van der Waals surface area contributed by atoms with Crippen molar-refractivity contribution in [2.45, 2.75) is 13.8 Å². The van der Waals surface area contributed by atoms with E-state index in [1.54, 1.807) is 38.1 Å². The van der Waals surface area contributed by atoms with Crippen molar-refractivity contribution in [1.29, 1.82) is 0 Å². The van der Waals surface area contributed by atoms with Crippen LogP contribution in [0.15, 0.2) is 30.3 Å². The van der Waals surface area contributed by atoms with Gasteiger partial charge in [-0.3, -0.25) is 0 Å². The number of benzene rings is 2. The van der Waals surface area contributed by atoms with Crippen LogP contribution in [0.5, 0.6) is 5.75 Å². The molecule has 122 valence electrons. The molecule has 23 heavy (non-hydrogen) atoms. The van der Waals surface area contributed by atoms with Crippen molar-refractivity contribution in [2.75, 3.05) is 20.2 Å². The second kappa shape index (κ2) is 7.09. The first-order chi connectivity index (χ1) is 11.0. The van der Waals surface area contributed by atoms with E-state index in [1.165, 1.54) is 12.0 Å². The van der Waals surface area contributed by atoms with E-state index in [1.807, 2.05) is 0 Å². The topological polar surface area (TPSA) is 55.8 Å². The first kappa shape index (κ1) is 16.7. The first-order valence-electron chi connectivity index (χ1n) is 7.29. The second-order valence-corrected chi connectivity index (χ2v) is 4.81. The summed E-state index contributed by atoms with van der Waals surface area (Å²) in [5.41, 5.74) is 0.0863. The lowest BCUT2D eigenvalue weighted by atomic mass is 10.0. The zero-order chi connectivity index (χ0) is 17.0. The molecule has 0 saturated carbocycles. The number of hydrogen-bond acceptors (Lipinski definition) is 4. The highest BCUT2D eigenvalue weighted by molar-refractivity contribution is 6.06. The monoisotopic (exact) mass is 319 g/mol. The standard InChI is InChI=1S/C17H18FNO4/c1-4-19(5-2)17(21)23-15-12-9-7-6-8-11(12)13(10-14(15)18)16(20)22-3/h6-10H,4-5H2,1-3H3. The summed E-state index contributed by atoms with van der Waals surface area (Å²) in [6.07, 6.45) is -0.634. The number of carbonyl (C=O) groups is 2. The summed E-state index contributed by atoms with van der Waals surface area (Å²) in [5.74, 6) is -1.63. The number of methoxy groups -OCH3 is 1. The van der Waals surface area contributed by atoms with Crippen LogP contribution in [0.4, 0.5) is 9.18 Å². The Hall–Kier alpha value is -2.63. The van der Waals surface area contributed by atoms with Gasteiger partial charge in [0.05, 0.1) is 12.7 Å². The molecule has 0 N–H and O–H groups in total. The lowest BCUT2D eigenvalue weighted by Gasteiger charge is -2.19. The minimum atomic E-state index is -0.787. The highest BCUT2D eigenvalue weighted by atomic mass is 19.1. The quantitative estimate of drug-likeness (QED) is 0.808. The Bertz CT molecular complexity index is 741. The Balaban J connectivity index is 2.55. The molecule has 0 unspecified atom stereocenters. The van der Waals surface area contributed by atoms with Crippen LogP contribution in [0.3, 0.4) is 0 Å². The number of ether oxygens (including phenoxy) is 2. The molecule has 0 aliphatic rings. The van der Waals surface area contributed by atoms with Crippen molar-refractivity contribution < 1.29 is 23.5 Å². The van der Waals surface area contributed by atoms with Gasteiger partial charge in [0.15, 0.2) is 11.6 Å². The van der Waals surface area contributed by atoms with E-state index >= 15 is 0 Å². The van der Waals surface area contributed by atoms with Gasteiger partial charge < -0.3 is 14.4 Å². The second-order valence-electron chi connectivity index (χ2n) is 4.81. The van der Waals surface area contributed by atoms with Gasteiger partial charge in [0.2, 0.25) is 0 Å². The molecule has 0 atom stereocenters. The molecule has 2 aromatic rings. The summed E-state index contributed by atoms with van der Waals surface area (Å²) >= 11 is 0. The number of fused-ring (bicyclic) bond motifs is 1. The Morgan fingerprint density at radius 1 is 1.13 bits per heavy atom. The van der Waals surface area contributed by atoms with Gasteiger partial charge in [-0.25, -0.2) is 14.0 Å². The molecule has 6 heteroatoms. The smallest absolute Gasteiger partial charge is 0.415 e. The van der Waals surface area contributed by atoms with Crippen molar-refractivity contribution >= 4 is 22.8 Å². The molecule has 5 nitrogen and oxygen atoms in total. The molecule has 0 aliphatic carbocycles. The van der Waals surface area contributed by atoms with Gasteiger partial charge in [0, 0.05) is 23.9 Å². The molecule has 0 heterocycles. The maximum absolute atomic E-state index is 14.4. The van der Waals surface area contributed by atoms with E-state index in [-0.39, 0.29) is 11.3 Å². The van der Waals surface area contributed by atoms with Gasteiger partial charge in [-0.2, -0.15) is 0 Å². The predicted octanol–water partition coefficient (Wildman–Crippen LogP) is 3.61. The van der Waals surface area contributed by atoms with Gasteiger partial charge in [0.25, 0.3) is 0 Å². The number of rotatable bonds is 4. The number of hydrogen-bond donors (Lipinski definition) is 0. The van der Waals surface area contributed by atoms with E-state index in [2.05, 4.69) is 4.74 Å². The van der Waals surface area contributed by atoms with E-state index < -0.39 is 17.9 Å². The Morgan fingerprint density at radius 2 is 1.74 bits per heavy atom. The van der Waals surface area contributed by atoms with Crippen LogP contribution in [-0.4, -0.2) is 37.2 Å². The maximum Gasteiger partial charge on any atom is 0.415 e. The normalized spacial score (nSPS) is 10.4. The zero-order valence-corrected chi connectivity index (χ0v) is 13.3. The minimum Gasteiger partial charge on any atom is -0.465 e. The lowest BCUT2D eigenvalue weighted by molar-refractivity contribution is 0.0602. The highest BCUT2D eigenvalue weighted by Crippen LogP contribution is 2.32. The van der Waals surface area contributed by atoms with Crippen molar-refractivity contribution in [3.63, 3.8) is 0 Å². The number of carbonyl (C=O) groups excluding carboxylic acids is 2. The van der Waals surface area contributed by atoms with Crippen LogP contribution >= 0.6 is 0 Å². The highest BCUT2D eigenvalue weighted by Gasteiger charge is 2.21. The Morgan fingerprint density at radius 3 is 2.30 bits per heavy atom. The van der Waals surface area contributed by atoms with Crippen molar-refractivity contribution in [3.8, 4) is 5.75 Å². The van der Waals surface area contributed by atoms with Crippen molar-refractivity contribution in [3.05, 3.63) is 41.7 Å². The zero-order valence-electron chi connectivity index (χ0n) is 13.3. The summed E-state index contributed by atoms with van der Waals surface area (Å²) < 4.78 is 24.3. The molecule has 0 radical (unpaired) electrons. The van der Waals surface area contributed by atoms with Gasteiger partial charge >= 0.3 is 12.1 Å². The number of halogens is 1. The average Bonchev–Trinajstić information content (AvgIpc) is 2.57. The van der Waals surface area contributed by atoms with Gasteiger partial charge in [-0.15, -0.1) is 0 Å². The fraction of sp³-hybridized carbons (Fsp3) is 0.294. The average molecular weight is 319 g/mol. The van der Waals surface area contributed by atoms with Crippen LogP contribution < -0.4 is 4.74 Å². The third-order valence-electron chi connectivity index (χ3n) is 3.57. The van der Waals surface area contributed by atoms with Crippen molar-refractivity contribution in [2.24, 2.45) is 0 Å². The Kier molecular flexibility index (Phi) is 5.16.